The molecule has 48 heavy (non-hydrogen) atoms. The molecule has 0 radical (unpaired) electrons. The third-order valence-electron chi connectivity index (χ3n) is 7.79. The second-order valence-electron chi connectivity index (χ2n) is 10.8. The molecule has 12 heteroatoms. The summed E-state index contributed by atoms with van der Waals surface area (Å²) in [4.78, 5) is 43.4. The molecule has 1 aliphatic rings. The Labute approximate surface area is 287 Å². The molecule has 0 aliphatic carbocycles. The molecule has 1 atom stereocenters. The summed E-state index contributed by atoms with van der Waals surface area (Å²) in [6.45, 7) is 6.08. The van der Waals surface area contributed by atoms with Crippen LogP contribution in [-0.4, -0.2) is 28.7 Å². The Bertz CT molecular complexity index is 2270. The van der Waals surface area contributed by atoms with Gasteiger partial charge in [0.25, 0.3) is 11.2 Å². The van der Waals surface area contributed by atoms with E-state index in [1.165, 1.54) is 23.5 Å². The third-order valence-corrected chi connectivity index (χ3v) is 9.37. The van der Waals surface area contributed by atoms with E-state index < -0.39 is 16.9 Å². The highest BCUT2D eigenvalue weighted by Gasteiger charge is 2.34. The van der Waals surface area contributed by atoms with E-state index in [4.69, 9.17) is 19.2 Å². The summed E-state index contributed by atoms with van der Waals surface area (Å²) in [5.74, 6) is 0.405. The molecule has 5 aromatic rings. The number of carbonyl (C=O) groups is 1. The molecule has 0 bridgehead atoms. The molecule has 0 spiro atoms. The summed E-state index contributed by atoms with van der Waals surface area (Å²) in [7, 11) is 0. The maximum absolute atomic E-state index is 14.3. The average Bonchev–Trinajstić information content (AvgIpc) is 3.37. The highest BCUT2D eigenvalue weighted by Crippen LogP contribution is 2.38. The van der Waals surface area contributed by atoms with Crippen molar-refractivity contribution in [2.24, 2.45) is 4.99 Å². The number of nitrogens with zero attached hydrogens (tertiary/aromatic N) is 3. The topological polar surface area (TPSA) is 122 Å². The van der Waals surface area contributed by atoms with Crippen LogP contribution >= 0.6 is 27.3 Å². The molecule has 0 N–H and O–H groups in total. The number of nitro groups is 1. The molecule has 2 heterocycles. The first-order valence-corrected chi connectivity index (χ1v) is 16.8. The molecule has 0 saturated carbocycles. The maximum atomic E-state index is 14.3. The number of halogens is 1. The molecule has 10 nitrogen and oxygen atoms in total. The number of aromatic nitrogens is 1. The van der Waals surface area contributed by atoms with E-state index in [-0.39, 0.29) is 24.5 Å². The van der Waals surface area contributed by atoms with Gasteiger partial charge in [0.2, 0.25) is 0 Å². The molecule has 1 aliphatic heterocycles. The lowest BCUT2D eigenvalue weighted by Gasteiger charge is -2.25. The van der Waals surface area contributed by atoms with Crippen LogP contribution in [0.4, 0.5) is 5.69 Å². The van der Waals surface area contributed by atoms with Crippen molar-refractivity contribution in [3.8, 4) is 11.5 Å². The molecule has 0 saturated heterocycles. The van der Waals surface area contributed by atoms with E-state index in [0.29, 0.717) is 48.7 Å². The first kappa shape index (κ1) is 32.9. The Morgan fingerprint density at radius 2 is 1.79 bits per heavy atom. The van der Waals surface area contributed by atoms with Gasteiger partial charge in [0.15, 0.2) is 16.3 Å². The van der Waals surface area contributed by atoms with E-state index in [2.05, 4.69) is 15.9 Å². The molecule has 6 rings (SSSR count). The van der Waals surface area contributed by atoms with Crippen molar-refractivity contribution < 1.29 is 23.9 Å². The summed E-state index contributed by atoms with van der Waals surface area (Å²) in [6, 6.07) is 22.7. The summed E-state index contributed by atoms with van der Waals surface area (Å²) < 4.78 is 20.1. The SMILES string of the molecule is CCOC(=O)C1=C(C)N=c2s/c(=C\c3cc(Br)c(OCc4ccc([N+](=O)[O-])cc4)c(OCC)c3)c(=O)n2[C@H]1c1cccc2ccccc12. The number of thiazole rings is 1. The number of ether oxygens (including phenoxy) is 3. The number of fused-ring (bicyclic) bond motifs is 2. The van der Waals surface area contributed by atoms with Gasteiger partial charge in [-0.25, -0.2) is 9.79 Å². The molecule has 0 amide bonds. The van der Waals surface area contributed by atoms with Gasteiger partial charge in [0, 0.05) is 12.1 Å². The summed E-state index contributed by atoms with van der Waals surface area (Å²) in [5.41, 5.74) is 2.76. The summed E-state index contributed by atoms with van der Waals surface area (Å²) in [6.07, 6.45) is 1.76. The van der Waals surface area contributed by atoms with Gasteiger partial charge in [-0.15, -0.1) is 0 Å². The zero-order chi connectivity index (χ0) is 33.9. The number of benzene rings is 4. The van der Waals surface area contributed by atoms with Gasteiger partial charge in [0.05, 0.1) is 44.5 Å². The van der Waals surface area contributed by atoms with Gasteiger partial charge in [0.1, 0.15) is 6.61 Å². The normalized spacial score (nSPS) is 14.4. The van der Waals surface area contributed by atoms with E-state index in [1.54, 1.807) is 42.7 Å². The lowest BCUT2D eigenvalue weighted by atomic mass is 9.91. The molecule has 0 unspecified atom stereocenters. The van der Waals surface area contributed by atoms with Crippen molar-refractivity contribution in [3.05, 3.63) is 141 Å². The zero-order valence-corrected chi connectivity index (χ0v) is 28.7. The summed E-state index contributed by atoms with van der Waals surface area (Å²) in [5, 5.41) is 12.9. The number of hydrogen-bond donors (Lipinski definition) is 0. The van der Waals surface area contributed by atoms with Crippen LogP contribution in [0, 0.1) is 10.1 Å². The van der Waals surface area contributed by atoms with Gasteiger partial charge < -0.3 is 14.2 Å². The fourth-order valence-corrected chi connectivity index (χ4v) is 7.29. The number of rotatable bonds is 10. The van der Waals surface area contributed by atoms with Gasteiger partial charge in [-0.05, 0) is 94.5 Å². The van der Waals surface area contributed by atoms with E-state index in [1.807, 2.05) is 55.5 Å². The van der Waals surface area contributed by atoms with Crippen molar-refractivity contribution in [2.45, 2.75) is 33.4 Å². The predicted octanol–water partition coefficient (Wildman–Crippen LogP) is 6.60. The molecular formula is C36H30BrN3O7S. The standard InChI is InChI=1S/C36H30BrN3O7S/c1-4-45-29-18-23(17-28(37)33(29)47-20-22-13-15-25(16-14-22)40(43)44)19-30-34(41)39-32(27-12-8-10-24-9-6-7-11-26(24)27)31(35(42)46-5-2)21(3)38-36(39)48-30/h6-19,32H,4-5,20H2,1-3H3/b30-19-/t32-/m0/s1. The molecule has 1 aromatic heterocycles. The molecule has 0 fully saturated rings. The summed E-state index contributed by atoms with van der Waals surface area (Å²) >= 11 is 4.84. The number of esters is 1. The largest absolute Gasteiger partial charge is 0.490 e. The first-order chi connectivity index (χ1) is 23.2. The lowest BCUT2D eigenvalue weighted by molar-refractivity contribution is -0.384. The van der Waals surface area contributed by atoms with Crippen LogP contribution in [0.25, 0.3) is 16.8 Å². The number of carbonyl (C=O) groups excluding carboxylic acids is 1. The van der Waals surface area contributed by atoms with Gasteiger partial charge in [-0.3, -0.25) is 19.5 Å². The van der Waals surface area contributed by atoms with E-state index >= 15 is 0 Å². The molecular weight excluding hydrogens is 698 g/mol. The Morgan fingerprint density at radius 3 is 2.52 bits per heavy atom. The average molecular weight is 729 g/mol. The Balaban J connectivity index is 1.43. The molecule has 244 valence electrons. The van der Waals surface area contributed by atoms with Crippen LogP contribution in [0.5, 0.6) is 11.5 Å². The van der Waals surface area contributed by atoms with Crippen LogP contribution in [0.1, 0.15) is 43.5 Å². The maximum Gasteiger partial charge on any atom is 0.338 e. The van der Waals surface area contributed by atoms with Gasteiger partial charge in [-0.2, -0.15) is 0 Å². The van der Waals surface area contributed by atoms with Gasteiger partial charge >= 0.3 is 5.97 Å². The predicted molar refractivity (Wildman–Crippen MR) is 187 cm³/mol. The third kappa shape index (κ3) is 6.41. The fraction of sp³-hybridized carbons (Fsp3) is 0.194. The van der Waals surface area contributed by atoms with Crippen LogP contribution in [0.3, 0.4) is 0 Å². The van der Waals surface area contributed by atoms with E-state index in [9.17, 15) is 19.7 Å². The molecule has 4 aromatic carbocycles. The first-order valence-electron chi connectivity index (χ1n) is 15.2. The second-order valence-corrected chi connectivity index (χ2v) is 12.7. The van der Waals surface area contributed by atoms with Crippen molar-refractivity contribution >= 4 is 55.8 Å². The minimum absolute atomic E-state index is 0.000265. The van der Waals surface area contributed by atoms with E-state index in [0.717, 1.165) is 21.9 Å². The van der Waals surface area contributed by atoms with Crippen LogP contribution < -0.4 is 24.4 Å². The second kappa shape index (κ2) is 14.0. The zero-order valence-electron chi connectivity index (χ0n) is 26.3. The van der Waals surface area contributed by atoms with Crippen LogP contribution in [0.2, 0.25) is 0 Å². The van der Waals surface area contributed by atoms with Crippen molar-refractivity contribution in [1.82, 2.24) is 4.57 Å². The fourth-order valence-electron chi connectivity index (χ4n) is 5.67. The Hall–Kier alpha value is -5.07. The number of nitro benzene ring substituents is 1. The van der Waals surface area contributed by atoms with Gasteiger partial charge in [-0.1, -0.05) is 53.8 Å². The van der Waals surface area contributed by atoms with Crippen molar-refractivity contribution in [2.75, 3.05) is 13.2 Å². The van der Waals surface area contributed by atoms with Crippen LogP contribution in [0.15, 0.2) is 104 Å². The van der Waals surface area contributed by atoms with Crippen LogP contribution in [-0.2, 0) is 16.1 Å². The monoisotopic (exact) mass is 727 g/mol. The minimum Gasteiger partial charge on any atom is -0.490 e. The number of non-ortho nitro benzene ring substituents is 1. The minimum atomic E-state index is -0.741. The lowest BCUT2D eigenvalue weighted by Crippen LogP contribution is -2.40. The number of allylic oxidation sites excluding steroid dienone is 1. The smallest absolute Gasteiger partial charge is 0.338 e. The highest BCUT2D eigenvalue weighted by molar-refractivity contribution is 9.10. The quantitative estimate of drug-likeness (QED) is 0.0903. The highest BCUT2D eigenvalue weighted by atomic mass is 79.9. The number of hydrogen-bond acceptors (Lipinski definition) is 9. The Kier molecular flexibility index (Phi) is 9.56. The Morgan fingerprint density at radius 1 is 1.04 bits per heavy atom. The van der Waals surface area contributed by atoms with Crippen molar-refractivity contribution in [3.63, 3.8) is 0 Å². The van der Waals surface area contributed by atoms with Crippen molar-refractivity contribution in [1.29, 1.82) is 0 Å².